The SMILES string of the molecule is O=C(Cc1ccc(Br)cc1)Nc1ccc2[nH]c(=O)[nH]c2c1. The largest absolute Gasteiger partial charge is 0.326 e. The van der Waals surface area contributed by atoms with Gasteiger partial charge in [0.25, 0.3) is 0 Å². The van der Waals surface area contributed by atoms with Gasteiger partial charge in [0.1, 0.15) is 0 Å². The molecule has 0 unspecified atom stereocenters. The van der Waals surface area contributed by atoms with Crippen molar-refractivity contribution in [1.29, 1.82) is 0 Å². The van der Waals surface area contributed by atoms with Crippen molar-refractivity contribution >= 4 is 38.6 Å². The van der Waals surface area contributed by atoms with Crippen LogP contribution in [0.2, 0.25) is 0 Å². The average molecular weight is 346 g/mol. The molecule has 0 saturated carbocycles. The van der Waals surface area contributed by atoms with Crippen LogP contribution >= 0.6 is 15.9 Å². The fourth-order valence-corrected chi connectivity index (χ4v) is 2.37. The minimum absolute atomic E-state index is 0.102. The van der Waals surface area contributed by atoms with Crippen molar-refractivity contribution in [1.82, 2.24) is 9.97 Å². The molecule has 1 aromatic heterocycles. The van der Waals surface area contributed by atoms with Gasteiger partial charge in [-0.1, -0.05) is 28.1 Å². The summed E-state index contributed by atoms with van der Waals surface area (Å²) in [6, 6.07) is 12.8. The molecule has 0 radical (unpaired) electrons. The number of rotatable bonds is 3. The van der Waals surface area contributed by atoms with Crippen LogP contribution in [-0.4, -0.2) is 15.9 Å². The third-order valence-electron chi connectivity index (χ3n) is 3.08. The molecule has 3 N–H and O–H groups in total. The molecule has 0 aliphatic rings. The third-order valence-corrected chi connectivity index (χ3v) is 3.61. The van der Waals surface area contributed by atoms with E-state index in [4.69, 9.17) is 0 Å². The third kappa shape index (κ3) is 3.22. The predicted molar refractivity (Wildman–Crippen MR) is 85.4 cm³/mol. The van der Waals surface area contributed by atoms with E-state index in [1.54, 1.807) is 18.2 Å². The first-order valence-corrected chi connectivity index (χ1v) is 7.16. The highest BCUT2D eigenvalue weighted by molar-refractivity contribution is 9.10. The predicted octanol–water partition coefficient (Wildman–Crippen LogP) is 2.80. The zero-order valence-electron chi connectivity index (χ0n) is 10.9. The van der Waals surface area contributed by atoms with Crippen LogP contribution in [0.25, 0.3) is 11.0 Å². The summed E-state index contributed by atoms with van der Waals surface area (Å²) in [5, 5.41) is 2.82. The summed E-state index contributed by atoms with van der Waals surface area (Å²) in [5.74, 6) is -0.102. The highest BCUT2D eigenvalue weighted by Crippen LogP contribution is 2.15. The second-order valence-corrected chi connectivity index (χ2v) is 5.61. The molecule has 3 aromatic rings. The van der Waals surface area contributed by atoms with Crippen molar-refractivity contribution in [3.8, 4) is 0 Å². The molecular formula is C15H12BrN3O2. The summed E-state index contributed by atoms with van der Waals surface area (Å²) in [6.45, 7) is 0. The zero-order valence-corrected chi connectivity index (χ0v) is 12.5. The number of fused-ring (bicyclic) bond motifs is 1. The number of amides is 1. The number of aromatic amines is 2. The first-order valence-electron chi connectivity index (χ1n) is 6.36. The standard InChI is InChI=1S/C15H12BrN3O2/c16-10-3-1-9(2-4-10)7-14(20)17-11-5-6-12-13(8-11)19-15(21)18-12/h1-6,8H,7H2,(H,17,20)(H2,18,19,21). The number of anilines is 1. The molecule has 21 heavy (non-hydrogen) atoms. The normalized spacial score (nSPS) is 10.7. The Morgan fingerprint density at radius 3 is 2.52 bits per heavy atom. The van der Waals surface area contributed by atoms with Crippen LogP contribution in [0.15, 0.2) is 51.7 Å². The van der Waals surface area contributed by atoms with E-state index in [-0.39, 0.29) is 11.6 Å². The Labute approximate surface area is 128 Å². The highest BCUT2D eigenvalue weighted by Gasteiger charge is 2.06. The molecule has 0 bridgehead atoms. The Bertz CT molecular complexity index is 849. The summed E-state index contributed by atoms with van der Waals surface area (Å²) < 4.78 is 0.980. The van der Waals surface area contributed by atoms with Gasteiger partial charge in [0.15, 0.2) is 0 Å². The lowest BCUT2D eigenvalue weighted by atomic mass is 10.1. The van der Waals surface area contributed by atoms with E-state index in [2.05, 4.69) is 31.2 Å². The van der Waals surface area contributed by atoms with E-state index in [0.29, 0.717) is 23.1 Å². The van der Waals surface area contributed by atoms with Crippen molar-refractivity contribution < 1.29 is 4.79 Å². The molecule has 0 aliphatic heterocycles. The quantitative estimate of drug-likeness (QED) is 0.682. The lowest BCUT2D eigenvalue weighted by molar-refractivity contribution is -0.115. The van der Waals surface area contributed by atoms with E-state index in [1.807, 2.05) is 24.3 Å². The number of benzene rings is 2. The van der Waals surface area contributed by atoms with Crippen LogP contribution in [-0.2, 0) is 11.2 Å². The number of aromatic nitrogens is 2. The summed E-state index contributed by atoms with van der Waals surface area (Å²) in [7, 11) is 0. The van der Waals surface area contributed by atoms with E-state index >= 15 is 0 Å². The minimum atomic E-state index is -0.261. The summed E-state index contributed by atoms with van der Waals surface area (Å²) in [5.41, 5.74) is 2.71. The van der Waals surface area contributed by atoms with Gasteiger partial charge >= 0.3 is 5.69 Å². The van der Waals surface area contributed by atoms with Gasteiger partial charge < -0.3 is 15.3 Å². The zero-order chi connectivity index (χ0) is 14.8. The second kappa shape index (κ2) is 5.57. The molecular weight excluding hydrogens is 334 g/mol. The van der Waals surface area contributed by atoms with E-state index in [1.165, 1.54) is 0 Å². The Hall–Kier alpha value is -2.34. The van der Waals surface area contributed by atoms with Crippen LogP contribution < -0.4 is 11.0 Å². The first kappa shape index (κ1) is 13.6. The maximum Gasteiger partial charge on any atom is 0.323 e. The Morgan fingerprint density at radius 2 is 1.76 bits per heavy atom. The van der Waals surface area contributed by atoms with Gasteiger partial charge in [-0.15, -0.1) is 0 Å². The fraction of sp³-hybridized carbons (Fsp3) is 0.0667. The minimum Gasteiger partial charge on any atom is -0.326 e. The van der Waals surface area contributed by atoms with Gasteiger partial charge in [-0.25, -0.2) is 4.79 Å². The number of carbonyl (C=O) groups excluding carboxylic acids is 1. The van der Waals surface area contributed by atoms with Crippen molar-refractivity contribution in [2.24, 2.45) is 0 Å². The van der Waals surface area contributed by atoms with Crippen molar-refractivity contribution in [2.75, 3.05) is 5.32 Å². The molecule has 0 atom stereocenters. The van der Waals surface area contributed by atoms with Crippen molar-refractivity contribution in [2.45, 2.75) is 6.42 Å². The fourth-order valence-electron chi connectivity index (χ4n) is 2.10. The lowest BCUT2D eigenvalue weighted by Crippen LogP contribution is -2.14. The van der Waals surface area contributed by atoms with Gasteiger partial charge in [0.2, 0.25) is 5.91 Å². The van der Waals surface area contributed by atoms with Gasteiger partial charge in [-0.3, -0.25) is 4.79 Å². The van der Waals surface area contributed by atoms with E-state index in [0.717, 1.165) is 10.0 Å². The Kier molecular flexibility index (Phi) is 3.62. The van der Waals surface area contributed by atoms with Crippen LogP contribution in [0.5, 0.6) is 0 Å². The number of nitrogens with one attached hydrogen (secondary N) is 3. The molecule has 3 rings (SSSR count). The first-order chi connectivity index (χ1) is 10.1. The number of H-pyrrole nitrogens is 2. The van der Waals surface area contributed by atoms with Gasteiger partial charge in [0, 0.05) is 10.2 Å². The maximum absolute atomic E-state index is 12.0. The smallest absolute Gasteiger partial charge is 0.323 e. The molecule has 0 fully saturated rings. The number of hydrogen-bond acceptors (Lipinski definition) is 2. The van der Waals surface area contributed by atoms with Crippen LogP contribution in [0, 0.1) is 0 Å². The molecule has 106 valence electrons. The number of carbonyl (C=O) groups is 1. The number of imidazole rings is 1. The van der Waals surface area contributed by atoms with Gasteiger partial charge in [0.05, 0.1) is 17.5 Å². The van der Waals surface area contributed by atoms with Crippen molar-refractivity contribution in [3.63, 3.8) is 0 Å². The molecule has 0 saturated heterocycles. The lowest BCUT2D eigenvalue weighted by Gasteiger charge is -2.05. The summed E-state index contributed by atoms with van der Waals surface area (Å²) in [6.07, 6.45) is 0.301. The van der Waals surface area contributed by atoms with Crippen LogP contribution in [0.4, 0.5) is 5.69 Å². The topological polar surface area (TPSA) is 77.8 Å². The highest BCUT2D eigenvalue weighted by atomic mass is 79.9. The molecule has 0 aliphatic carbocycles. The molecule has 0 spiro atoms. The van der Waals surface area contributed by atoms with E-state index in [9.17, 15) is 9.59 Å². The number of hydrogen-bond donors (Lipinski definition) is 3. The molecule has 1 heterocycles. The second-order valence-electron chi connectivity index (χ2n) is 4.69. The molecule has 6 heteroatoms. The van der Waals surface area contributed by atoms with Crippen LogP contribution in [0.3, 0.4) is 0 Å². The molecule has 2 aromatic carbocycles. The Balaban J connectivity index is 1.73. The number of halogens is 1. The monoisotopic (exact) mass is 345 g/mol. The summed E-state index contributed by atoms with van der Waals surface area (Å²) >= 11 is 3.36. The van der Waals surface area contributed by atoms with Gasteiger partial charge in [-0.05, 0) is 35.9 Å². The molecule has 5 nitrogen and oxygen atoms in total. The Morgan fingerprint density at radius 1 is 1.05 bits per heavy atom. The van der Waals surface area contributed by atoms with Gasteiger partial charge in [-0.2, -0.15) is 0 Å². The average Bonchev–Trinajstić information content (AvgIpc) is 2.80. The molecule has 1 amide bonds. The van der Waals surface area contributed by atoms with E-state index < -0.39 is 0 Å². The summed E-state index contributed by atoms with van der Waals surface area (Å²) in [4.78, 5) is 28.5. The van der Waals surface area contributed by atoms with Crippen molar-refractivity contribution in [3.05, 3.63) is 63.0 Å². The van der Waals surface area contributed by atoms with Crippen LogP contribution in [0.1, 0.15) is 5.56 Å². The maximum atomic E-state index is 12.0.